The van der Waals surface area contributed by atoms with Gasteiger partial charge in [0.1, 0.15) is 0 Å². The summed E-state index contributed by atoms with van der Waals surface area (Å²) in [5, 5.41) is 2.67. The van der Waals surface area contributed by atoms with Crippen LogP contribution in [0.4, 0.5) is 10.5 Å². The van der Waals surface area contributed by atoms with Gasteiger partial charge < -0.3 is 19.9 Å². The molecule has 2 rings (SSSR count). The van der Waals surface area contributed by atoms with Gasteiger partial charge in [-0.2, -0.15) is 0 Å². The van der Waals surface area contributed by atoms with E-state index in [1.54, 1.807) is 41.0 Å². The molecule has 1 saturated heterocycles. The van der Waals surface area contributed by atoms with Crippen LogP contribution in [0.3, 0.4) is 0 Å². The zero-order valence-corrected chi connectivity index (χ0v) is 14.1. The summed E-state index contributed by atoms with van der Waals surface area (Å²) < 4.78 is 5.01. The number of rotatable bonds is 3. The van der Waals surface area contributed by atoms with Gasteiger partial charge in [0.15, 0.2) is 0 Å². The first-order valence-electron chi connectivity index (χ1n) is 8.10. The van der Waals surface area contributed by atoms with Crippen LogP contribution in [0.15, 0.2) is 24.3 Å². The average Bonchev–Trinajstić information content (AvgIpc) is 2.81. The van der Waals surface area contributed by atoms with Crippen molar-refractivity contribution < 1.29 is 19.1 Å². The van der Waals surface area contributed by atoms with Crippen molar-refractivity contribution in [2.75, 3.05) is 38.1 Å². The fraction of sp³-hybridized carbons (Fsp3) is 0.471. The molecule has 0 atom stereocenters. The zero-order chi connectivity index (χ0) is 17.5. The van der Waals surface area contributed by atoms with Crippen LogP contribution in [0.2, 0.25) is 0 Å². The Bertz CT molecular complexity index is 600. The molecule has 0 aliphatic carbocycles. The van der Waals surface area contributed by atoms with Gasteiger partial charge >= 0.3 is 6.09 Å². The molecule has 1 fully saturated rings. The highest BCUT2D eigenvalue weighted by atomic mass is 16.6. The van der Waals surface area contributed by atoms with Gasteiger partial charge in [-0.25, -0.2) is 4.79 Å². The molecule has 130 valence electrons. The van der Waals surface area contributed by atoms with Gasteiger partial charge in [-0.1, -0.05) is 0 Å². The third-order valence-corrected chi connectivity index (χ3v) is 3.76. The molecule has 0 unspecified atom stereocenters. The Kier molecular flexibility index (Phi) is 6.17. The van der Waals surface area contributed by atoms with E-state index in [0.717, 1.165) is 0 Å². The first-order chi connectivity index (χ1) is 11.5. The summed E-state index contributed by atoms with van der Waals surface area (Å²) in [7, 11) is 0. The average molecular weight is 333 g/mol. The zero-order valence-electron chi connectivity index (χ0n) is 14.1. The second kappa shape index (κ2) is 8.33. The maximum absolute atomic E-state index is 12.6. The van der Waals surface area contributed by atoms with Crippen molar-refractivity contribution in [3.63, 3.8) is 0 Å². The summed E-state index contributed by atoms with van der Waals surface area (Å²) in [6, 6.07) is 6.80. The first kappa shape index (κ1) is 17.8. The van der Waals surface area contributed by atoms with Crippen molar-refractivity contribution in [1.29, 1.82) is 0 Å². The number of nitrogens with zero attached hydrogens (tertiary/aromatic N) is 2. The van der Waals surface area contributed by atoms with Crippen LogP contribution in [-0.4, -0.2) is 60.5 Å². The van der Waals surface area contributed by atoms with Crippen molar-refractivity contribution in [3.8, 4) is 0 Å². The molecular formula is C17H23N3O4. The van der Waals surface area contributed by atoms with Crippen LogP contribution in [0.1, 0.15) is 30.6 Å². The van der Waals surface area contributed by atoms with Gasteiger partial charge in [-0.3, -0.25) is 9.59 Å². The fourth-order valence-corrected chi connectivity index (χ4v) is 2.60. The summed E-state index contributed by atoms with van der Waals surface area (Å²) in [6.45, 7) is 5.69. The van der Waals surface area contributed by atoms with Gasteiger partial charge in [0.2, 0.25) is 5.91 Å². The molecule has 7 heteroatoms. The molecule has 0 spiro atoms. The Labute approximate surface area is 141 Å². The van der Waals surface area contributed by atoms with Gasteiger partial charge in [0, 0.05) is 44.4 Å². The minimum atomic E-state index is -0.327. The number of hydrogen-bond donors (Lipinski definition) is 1. The molecular weight excluding hydrogens is 310 g/mol. The summed E-state index contributed by atoms with van der Waals surface area (Å²) in [5.41, 5.74) is 1.22. The molecule has 1 aliphatic heterocycles. The monoisotopic (exact) mass is 333 g/mol. The molecule has 1 aromatic carbocycles. The molecule has 1 heterocycles. The van der Waals surface area contributed by atoms with Crippen molar-refractivity contribution in [1.82, 2.24) is 9.80 Å². The van der Waals surface area contributed by atoms with Crippen molar-refractivity contribution >= 4 is 23.6 Å². The van der Waals surface area contributed by atoms with Gasteiger partial charge in [-0.15, -0.1) is 0 Å². The predicted molar refractivity (Wildman–Crippen MR) is 89.9 cm³/mol. The molecule has 0 bridgehead atoms. The molecule has 0 saturated carbocycles. The minimum Gasteiger partial charge on any atom is -0.450 e. The lowest BCUT2D eigenvalue weighted by molar-refractivity contribution is -0.114. The minimum absolute atomic E-state index is 0.0740. The Morgan fingerprint density at radius 2 is 1.67 bits per heavy atom. The van der Waals surface area contributed by atoms with E-state index in [1.165, 1.54) is 6.92 Å². The number of amides is 3. The van der Waals surface area contributed by atoms with Crippen molar-refractivity contribution in [2.24, 2.45) is 0 Å². The summed E-state index contributed by atoms with van der Waals surface area (Å²) >= 11 is 0. The number of carbonyl (C=O) groups excluding carboxylic acids is 3. The van der Waals surface area contributed by atoms with Crippen LogP contribution in [0.5, 0.6) is 0 Å². The molecule has 0 aromatic heterocycles. The number of nitrogens with one attached hydrogen (secondary N) is 1. The number of benzene rings is 1. The lowest BCUT2D eigenvalue weighted by Gasteiger charge is -2.22. The lowest BCUT2D eigenvalue weighted by Crippen LogP contribution is -2.37. The van der Waals surface area contributed by atoms with Crippen LogP contribution >= 0.6 is 0 Å². The smallest absolute Gasteiger partial charge is 0.409 e. The molecule has 0 radical (unpaired) electrons. The Morgan fingerprint density at radius 3 is 2.29 bits per heavy atom. The number of anilines is 1. The van der Waals surface area contributed by atoms with E-state index in [1.807, 2.05) is 0 Å². The first-order valence-corrected chi connectivity index (χ1v) is 8.10. The maximum Gasteiger partial charge on any atom is 0.409 e. The molecule has 24 heavy (non-hydrogen) atoms. The van der Waals surface area contributed by atoms with Crippen molar-refractivity contribution in [2.45, 2.75) is 20.3 Å². The molecule has 1 aromatic rings. The highest BCUT2D eigenvalue weighted by Gasteiger charge is 2.23. The van der Waals surface area contributed by atoms with E-state index >= 15 is 0 Å². The number of hydrogen-bond acceptors (Lipinski definition) is 4. The van der Waals surface area contributed by atoms with Crippen LogP contribution < -0.4 is 5.32 Å². The topological polar surface area (TPSA) is 79.0 Å². The third kappa shape index (κ3) is 4.71. The SMILES string of the molecule is CCOC(=O)N1CCCN(C(=O)c2ccc(NC(C)=O)cc2)CC1. The second-order valence-electron chi connectivity index (χ2n) is 5.59. The normalized spacial score (nSPS) is 14.8. The lowest BCUT2D eigenvalue weighted by atomic mass is 10.1. The second-order valence-corrected chi connectivity index (χ2v) is 5.59. The third-order valence-electron chi connectivity index (χ3n) is 3.76. The molecule has 1 aliphatic rings. The van der Waals surface area contributed by atoms with E-state index in [9.17, 15) is 14.4 Å². The Morgan fingerprint density at radius 1 is 1.04 bits per heavy atom. The summed E-state index contributed by atoms with van der Waals surface area (Å²) in [4.78, 5) is 38.8. The van der Waals surface area contributed by atoms with E-state index in [0.29, 0.717) is 50.5 Å². The van der Waals surface area contributed by atoms with Crippen LogP contribution in [0.25, 0.3) is 0 Å². The molecule has 7 nitrogen and oxygen atoms in total. The van der Waals surface area contributed by atoms with Gasteiger partial charge in [0.05, 0.1) is 6.61 Å². The van der Waals surface area contributed by atoms with E-state index < -0.39 is 0 Å². The Hall–Kier alpha value is -2.57. The highest BCUT2D eigenvalue weighted by Crippen LogP contribution is 2.13. The summed E-state index contributed by atoms with van der Waals surface area (Å²) in [5.74, 6) is -0.226. The highest BCUT2D eigenvalue weighted by molar-refractivity contribution is 5.95. The molecule has 1 N–H and O–H groups in total. The van der Waals surface area contributed by atoms with E-state index in [-0.39, 0.29) is 17.9 Å². The van der Waals surface area contributed by atoms with E-state index in [2.05, 4.69) is 5.32 Å². The predicted octanol–water partition coefficient (Wildman–Crippen LogP) is 1.95. The quantitative estimate of drug-likeness (QED) is 0.917. The fourth-order valence-electron chi connectivity index (χ4n) is 2.60. The van der Waals surface area contributed by atoms with Gasteiger partial charge in [0.25, 0.3) is 5.91 Å². The van der Waals surface area contributed by atoms with Crippen molar-refractivity contribution in [3.05, 3.63) is 29.8 Å². The van der Waals surface area contributed by atoms with Gasteiger partial charge in [-0.05, 0) is 37.6 Å². The number of ether oxygens (including phenoxy) is 1. The number of carbonyl (C=O) groups is 3. The standard InChI is InChI=1S/C17H23N3O4/c1-3-24-17(23)20-10-4-9-19(11-12-20)16(22)14-5-7-15(8-6-14)18-13(2)21/h5-8H,3-4,9-12H2,1-2H3,(H,18,21). The molecule has 3 amide bonds. The maximum atomic E-state index is 12.6. The van der Waals surface area contributed by atoms with Crippen LogP contribution in [-0.2, 0) is 9.53 Å². The largest absolute Gasteiger partial charge is 0.450 e. The summed E-state index contributed by atoms with van der Waals surface area (Å²) in [6.07, 6.45) is 0.389. The van der Waals surface area contributed by atoms with Crippen LogP contribution in [0, 0.1) is 0 Å². The van der Waals surface area contributed by atoms with E-state index in [4.69, 9.17) is 4.74 Å². The Balaban J connectivity index is 1.97.